The van der Waals surface area contributed by atoms with Gasteiger partial charge in [-0.15, -0.1) is 34.2 Å². The Balaban J connectivity index is 0.00000392. The second kappa shape index (κ2) is 13.4. The van der Waals surface area contributed by atoms with Gasteiger partial charge >= 0.3 is 0 Å². The largest absolute Gasteiger partial charge is 0.370 e. The summed E-state index contributed by atoms with van der Waals surface area (Å²) in [5.41, 5.74) is 2.54. The summed E-state index contributed by atoms with van der Waals surface area (Å²) in [4.78, 5) is 7.07. The molecule has 8 heteroatoms. The number of hydrogen-bond acceptors (Lipinski definition) is 4. The van der Waals surface area contributed by atoms with Gasteiger partial charge in [0.15, 0.2) is 5.96 Å². The molecular formula is C20H34IN7. The fourth-order valence-corrected chi connectivity index (χ4v) is 2.95. The van der Waals surface area contributed by atoms with Crippen LogP contribution in [0.5, 0.6) is 0 Å². The number of nitrogens with one attached hydrogen (secondary N) is 2. The Labute approximate surface area is 186 Å². The summed E-state index contributed by atoms with van der Waals surface area (Å²) in [6.07, 6.45) is 2.67. The van der Waals surface area contributed by atoms with Crippen molar-refractivity contribution in [1.82, 2.24) is 25.4 Å². The molecule has 156 valence electrons. The quantitative estimate of drug-likeness (QED) is 0.299. The van der Waals surface area contributed by atoms with Crippen LogP contribution in [0.1, 0.15) is 32.2 Å². The van der Waals surface area contributed by atoms with Crippen molar-refractivity contribution in [1.29, 1.82) is 0 Å². The molecule has 1 aromatic carbocycles. The van der Waals surface area contributed by atoms with Crippen molar-refractivity contribution in [3.63, 3.8) is 0 Å². The molecule has 0 unspecified atom stereocenters. The van der Waals surface area contributed by atoms with Crippen LogP contribution in [0.4, 0.5) is 5.69 Å². The molecule has 2 N–H and O–H groups in total. The molecule has 0 amide bonds. The first-order chi connectivity index (χ1) is 13.2. The van der Waals surface area contributed by atoms with E-state index < -0.39 is 0 Å². The summed E-state index contributed by atoms with van der Waals surface area (Å²) in [5, 5.41) is 14.8. The van der Waals surface area contributed by atoms with Gasteiger partial charge in [0.2, 0.25) is 0 Å². The SMILES string of the molecule is CCNC(=NCCN(CC)c1cccc(C)c1)NCCn1cnnc1CC.I. The van der Waals surface area contributed by atoms with Crippen LogP contribution in [0.25, 0.3) is 0 Å². The summed E-state index contributed by atoms with van der Waals surface area (Å²) in [6.45, 7) is 13.5. The number of likely N-dealkylation sites (N-methyl/N-ethyl adjacent to an activating group) is 1. The van der Waals surface area contributed by atoms with Gasteiger partial charge in [-0.3, -0.25) is 4.99 Å². The monoisotopic (exact) mass is 499 g/mol. The lowest BCUT2D eigenvalue weighted by Gasteiger charge is -2.23. The molecule has 1 aromatic heterocycles. The fourth-order valence-electron chi connectivity index (χ4n) is 2.95. The summed E-state index contributed by atoms with van der Waals surface area (Å²) in [6, 6.07) is 8.62. The molecule has 0 aliphatic heterocycles. The number of benzene rings is 1. The number of hydrogen-bond donors (Lipinski definition) is 2. The lowest BCUT2D eigenvalue weighted by Crippen LogP contribution is -2.39. The molecule has 0 aliphatic rings. The number of aryl methyl sites for hydroxylation is 2. The summed E-state index contributed by atoms with van der Waals surface area (Å²) in [5.74, 6) is 1.86. The Kier molecular flexibility index (Phi) is 11.5. The minimum Gasteiger partial charge on any atom is -0.370 e. The Morgan fingerprint density at radius 2 is 2.04 bits per heavy atom. The number of guanidine groups is 1. The zero-order valence-electron chi connectivity index (χ0n) is 17.5. The van der Waals surface area contributed by atoms with E-state index in [1.807, 2.05) is 0 Å². The lowest BCUT2D eigenvalue weighted by atomic mass is 10.2. The zero-order chi connectivity index (χ0) is 19.5. The van der Waals surface area contributed by atoms with Crippen LogP contribution in [-0.2, 0) is 13.0 Å². The van der Waals surface area contributed by atoms with Gasteiger partial charge in [-0.25, -0.2) is 0 Å². The van der Waals surface area contributed by atoms with E-state index in [-0.39, 0.29) is 24.0 Å². The van der Waals surface area contributed by atoms with Gasteiger partial charge < -0.3 is 20.1 Å². The van der Waals surface area contributed by atoms with E-state index in [4.69, 9.17) is 4.99 Å². The highest BCUT2D eigenvalue weighted by molar-refractivity contribution is 14.0. The average molecular weight is 499 g/mol. The van der Waals surface area contributed by atoms with Crippen molar-refractivity contribution < 1.29 is 0 Å². The third-order valence-corrected chi connectivity index (χ3v) is 4.39. The Bertz CT molecular complexity index is 714. The first-order valence-electron chi connectivity index (χ1n) is 9.88. The van der Waals surface area contributed by atoms with E-state index in [0.717, 1.165) is 57.5 Å². The van der Waals surface area contributed by atoms with Crippen LogP contribution in [0.2, 0.25) is 0 Å². The van der Waals surface area contributed by atoms with E-state index in [0.29, 0.717) is 0 Å². The second-order valence-corrected chi connectivity index (χ2v) is 6.40. The highest BCUT2D eigenvalue weighted by Gasteiger charge is 2.05. The molecule has 1 heterocycles. The van der Waals surface area contributed by atoms with Crippen molar-refractivity contribution >= 4 is 35.6 Å². The highest BCUT2D eigenvalue weighted by atomic mass is 127. The van der Waals surface area contributed by atoms with E-state index in [1.54, 1.807) is 6.33 Å². The molecule has 28 heavy (non-hydrogen) atoms. The normalized spacial score (nSPS) is 11.1. The fraction of sp³-hybridized carbons (Fsp3) is 0.550. The number of anilines is 1. The molecule has 0 spiro atoms. The molecule has 2 aromatic rings. The van der Waals surface area contributed by atoms with Crippen molar-refractivity contribution in [3.05, 3.63) is 42.0 Å². The molecule has 0 saturated heterocycles. The molecule has 0 aliphatic carbocycles. The molecule has 0 radical (unpaired) electrons. The molecule has 0 bridgehead atoms. The van der Waals surface area contributed by atoms with Crippen LogP contribution in [0.3, 0.4) is 0 Å². The molecule has 0 atom stereocenters. The second-order valence-electron chi connectivity index (χ2n) is 6.40. The smallest absolute Gasteiger partial charge is 0.191 e. The third-order valence-electron chi connectivity index (χ3n) is 4.39. The maximum atomic E-state index is 4.72. The lowest BCUT2D eigenvalue weighted by molar-refractivity contribution is 0.632. The molecule has 0 fully saturated rings. The number of aliphatic imine (C=N–C) groups is 1. The topological polar surface area (TPSA) is 70.4 Å². The van der Waals surface area contributed by atoms with Gasteiger partial charge in [-0.2, -0.15) is 0 Å². The minimum absolute atomic E-state index is 0. The van der Waals surface area contributed by atoms with Crippen molar-refractivity contribution in [2.45, 2.75) is 40.7 Å². The number of halogens is 1. The van der Waals surface area contributed by atoms with Crippen LogP contribution >= 0.6 is 24.0 Å². The summed E-state index contributed by atoms with van der Waals surface area (Å²) < 4.78 is 2.08. The van der Waals surface area contributed by atoms with Crippen molar-refractivity contribution in [2.75, 3.05) is 37.6 Å². The Morgan fingerprint density at radius 3 is 2.71 bits per heavy atom. The van der Waals surface area contributed by atoms with Gasteiger partial charge in [-0.05, 0) is 38.5 Å². The Hall–Kier alpha value is -1.84. The van der Waals surface area contributed by atoms with Gasteiger partial charge in [0, 0.05) is 44.8 Å². The molecular weight excluding hydrogens is 465 g/mol. The standard InChI is InChI=1S/C20H33N7.HI/c1-5-19-25-24-16-27(19)14-12-23-20(21-6-2)22-11-13-26(7-3)18-10-8-9-17(4)15-18;/h8-10,15-16H,5-7,11-14H2,1-4H3,(H2,21,22,23);1H. The first kappa shape index (κ1) is 24.2. The number of nitrogens with zero attached hydrogens (tertiary/aromatic N) is 5. The molecule has 0 saturated carbocycles. The predicted molar refractivity (Wildman–Crippen MR) is 128 cm³/mol. The highest BCUT2D eigenvalue weighted by Crippen LogP contribution is 2.15. The minimum atomic E-state index is 0. The maximum Gasteiger partial charge on any atom is 0.191 e. The number of aromatic nitrogens is 3. The third kappa shape index (κ3) is 7.65. The predicted octanol–water partition coefficient (Wildman–Crippen LogP) is 2.85. The van der Waals surface area contributed by atoms with E-state index >= 15 is 0 Å². The van der Waals surface area contributed by atoms with E-state index in [9.17, 15) is 0 Å². The van der Waals surface area contributed by atoms with Gasteiger partial charge in [-0.1, -0.05) is 19.1 Å². The van der Waals surface area contributed by atoms with Crippen molar-refractivity contribution in [2.24, 2.45) is 4.99 Å². The van der Waals surface area contributed by atoms with Crippen molar-refractivity contribution in [3.8, 4) is 0 Å². The molecule has 7 nitrogen and oxygen atoms in total. The maximum absolute atomic E-state index is 4.72. The average Bonchev–Trinajstić information content (AvgIpc) is 3.12. The molecule has 2 rings (SSSR count). The van der Waals surface area contributed by atoms with Gasteiger partial charge in [0.1, 0.15) is 12.2 Å². The van der Waals surface area contributed by atoms with Crippen LogP contribution in [0.15, 0.2) is 35.6 Å². The van der Waals surface area contributed by atoms with Crippen LogP contribution in [0, 0.1) is 6.92 Å². The van der Waals surface area contributed by atoms with Crippen LogP contribution in [-0.4, -0.2) is 53.4 Å². The summed E-state index contributed by atoms with van der Waals surface area (Å²) >= 11 is 0. The van der Waals surface area contributed by atoms with Gasteiger partial charge in [0.25, 0.3) is 0 Å². The van der Waals surface area contributed by atoms with E-state index in [1.165, 1.54) is 11.3 Å². The number of rotatable bonds is 10. The van der Waals surface area contributed by atoms with Crippen LogP contribution < -0.4 is 15.5 Å². The first-order valence-corrected chi connectivity index (χ1v) is 9.88. The zero-order valence-corrected chi connectivity index (χ0v) is 19.8. The van der Waals surface area contributed by atoms with E-state index in [2.05, 4.69) is 82.3 Å². The Morgan fingerprint density at radius 1 is 1.21 bits per heavy atom. The summed E-state index contributed by atoms with van der Waals surface area (Å²) in [7, 11) is 0. The van der Waals surface area contributed by atoms with Gasteiger partial charge in [0.05, 0.1) is 6.54 Å².